The highest BCUT2D eigenvalue weighted by Crippen LogP contribution is 2.13. The predicted octanol–water partition coefficient (Wildman–Crippen LogP) is 5.29. The molecule has 0 fully saturated rings. The summed E-state index contributed by atoms with van der Waals surface area (Å²) in [5.74, 6) is 5.84. The average Bonchev–Trinajstić information content (AvgIpc) is 2.52. The molecule has 134 valence electrons. The van der Waals surface area contributed by atoms with Crippen molar-refractivity contribution in [1.82, 2.24) is 0 Å². The molecule has 0 rings (SSSR count). The minimum atomic E-state index is -0.689. The van der Waals surface area contributed by atoms with Crippen molar-refractivity contribution in [3.8, 4) is 11.8 Å². The molecular formula is C19H33BrO3. The van der Waals surface area contributed by atoms with Gasteiger partial charge >= 0.3 is 5.97 Å². The van der Waals surface area contributed by atoms with Crippen molar-refractivity contribution >= 4 is 21.9 Å². The molecule has 0 aliphatic rings. The maximum absolute atomic E-state index is 10.4. The zero-order valence-corrected chi connectivity index (χ0v) is 16.0. The second kappa shape index (κ2) is 17.8. The summed E-state index contributed by atoms with van der Waals surface area (Å²) in [6.45, 7) is 0.320. The number of alkyl halides is 1. The number of aliphatic hydroxyl groups is 1. The van der Waals surface area contributed by atoms with Crippen molar-refractivity contribution in [2.24, 2.45) is 0 Å². The van der Waals surface area contributed by atoms with E-state index in [1.807, 2.05) is 0 Å². The zero-order valence-electron chi connectivity index (χ0n) is 14.4. The molecule has 0 heterocycles. The van der Waals surface area contributed by atoms with Crippen LogP contribution in [0.3, 0.4) is 0 Å². The van der Waals surface area contributed by atoms with E-state index in [-0.39, 0.29) is 0 Å². The molecule has 0 bridgehead atoms. The van der Waals surface area contributed by atoms with E-state index in [1.165, 1.54) is 25.7 Å². The first-order valence-corrected chi connectivity index (χ1v) is 10.0. The summed E-state index contributed by atoms with van der Waals surface area (Å²) in [5.41, 5.74) is 0. The molecule has 2 N–H and O–H groups in total. The van der Waals surface area contributed by atoms with E-state index in [4.69, 9.17) is 10.2 Å². The Balaban J connectivity index is 3.32. The third kappa shape index (κ3) is 19.4. The van der Waals surface area contributed by atoms with Gasteiger partial charge in [0.1, 0.15) is 0 Å². The van der Waals surface area contributed by atoms with Crippen molar-refractivity contribution in [2.45, 2.75) is 94.7 Å². The summed E-state index contributed by atoms with van der Waals surface area (Å²) in [4.78, 5) is 10.7. The Morgan fingerprint density at radius 2 is 1.43 bits per heavy atom. The SMILES string of the molecule is O=C(O)CCCCCCCC(Br)C#CCCCCCCCCO. The number of carboxylic acids is 1. The number of aliphatic carboxylic acids is 1. The molecule has 0 aliphatic carbocycles. The van der Waals surface area contributed by atoms with Gasteiger partial charge in [-0.05, 0) is 25.7 Å². The lowest BCUT2D eigenvalue weighted by molar-refractivity contribution is -0.137. The van der Waals surface area contributed by atoms with Gasteiger partial charge in [0.25, 0.3) is 0 Å². The molecule has 0 radical (unpaired) electrons. The molecule has 4 heteroatoms. The van der Waals surface area contributed by atoms with E-state index in [0.717, 1.165) is 57.8 Å². The number of hydrogen-bond donors (Lipinski definition) is 2. The Labute approximate surface area is 150 Å². The number of halogens is 1. The normalized spacial score (nSPS) is 11.7. The summed E-state index contributed by atoms with van der Waals surface area (Å²) >= 11 is 3.62. The number of rotatable bonds is 15. The summed E-state index contributed by atoms with van der Waals surface area (Å²) in [6.07, 6.45) is 14.6. The van der Waals surface area contributed by atoms with E-state index in [0.29, 0.717) is 17.9 Å². The molecule has 0 saturated carbocycles. The third-order valence-electron chi connectivity index (χ3n) is 3.82. The number of hydrogen-bond acceptors (Lipinski definition) is 2. The number of carboxylic acid groups (broad SMARTS) is 1. The van der Waals surface area contributed by atoms with E-state index < -0.39 is 5.97 Å². The lowest BCUT2D eigenvalue weighted by Gasteiger charge is -2.02. The quantitative estimate of drug-likeness (QED) is 0.227. The minimum Gasteiger partial charge on any atom is -0.481 e. The molecule has 0 aromatic carbocycles. The van der Waals surface area contributed by atoms with Crippen molar-refractivity contribution < 1.29 is 15.0 Å². The van der Waals surface area contributed by atoms with Gasteiger partial charge in [-0.15, -0.1) is 5.92 Å². The summed E-state index contributed by atoms with van der Waals surface area (Å²) in [5, 5.41) is 17.2. The lowest BCUT2D eigenvalue weighted by Crippen LogP contribution is -1.95. The van der Waals surface area contributed by atoms with Crippen LogP contribution in [0.5, 0.6) is 0 Å². The maximum atomic E-state index is 10.4. The van der Waals surface area contributed by atoms with E-state index in [1.54, 1.807) is 0 Å². The van der Waals surface area contributed by atoms with Gasteiger partial charge in [-0.2, -0.15) is 0 Å². The fourth-order valence-corrected chi connectivity index (χ4v) is 2.90. The number of aliphatic hydroxyl groups excluding tert-OH is 1. The predicted molar refractivity (Wildman–Crippen MR) is 99.9 cm³/mol. The number of carbonyl (C=O) groups is 1. The maximum Gasteiger partial charge on any atom is 0.303 e. The van der Waals surface area contributed by atoms with Gasteiger partial charge in [0.2, 0.25) is 0 Å². The van der Waals surface area contributed by atoms with Crippen LogP contribution in [-0.2, 0) is 4.79 Å². The highest BCUT2D eigenvalue weighted by molar-refractivity contribution is 9.09. The number of unbranched alkanes of at least 4 members (excludes halogenated alkanes) is 10. The highest BCUT2D eigenvalue weighted by Gasteiger charge is 2.00. The van der Waals surface area contributed by atoms with E-state index in [2.05, 4.69) is 27.8 Å². The van der Waals surface area contributed by atoms with Crippen molar-refractivity contribution in [2.75, 3.05) is 6.61 Å². The average molecular weight is 389 g/mol. The van der Waals surface area contributed by atoms with Crippen molar-refractivity contribution in [3.05, 3.63) is 0 Å². The first-order valence-electron chi connectivity index (χ1n) is 9.12. The van der Waals surface area contributed by atoms with Gasteiger partial charge in [-0.1, -0.05) is 73.2 Å². The van der Waals surface area contributed by atoms with Gasteiger partial charge in [0, 0.05) is 19.4 Å². The summed E-state index contributed by atoms with van der Waals surface area (Å²) in [6, 6.07) is 0. The fourth-order valence-electron chi connectivity index (χ4n) is 2.42. The third-order valence-corrected chi connectivity index (χ3v) is 4.50. The van der Waals surface area contributed by atoms with Crippen LogP contribution in [0.4, 0.5) is 0 Å². The topological polar surface area (TPSA) is 57.5 Å². The molecule has 0 saturated heterocycles. The molecule has 23 heavy (non-hydrogen) atoms. The summed E-state index contributed by atoms with van der Waals surface area (Å²) < 4.78 is 0. The highest BCUT2D eigenvalue weighted by atomic mass is 79.9. The second-order valence-electron chi connectivity index (χ2n) is 6.08. The van der Waals surface area contributed by atoms with E-state index in [9.17, 15) is 4.79 Å². The lowest BCUT2D eigenvalue weighted by atomic mass is 10.1. The first-order chi connectivity index (χ1) is 11.2. The van der Waals surface area contributed by atoms with Gasteiger partial charge in [-0.25, -0.2) is 0 Å². The summed E-state index contributed by atoms with van der Waals surface area (Å²) in [7, 11) is 0. The minimum absolute atomic E-state index is 0.297. The standard InChI is InChI=1S/C19H33BrO3/c20-18(15-11-7-5-8-12-16-19(22)23)14-10-6-3-1-2-4-9-13-17-21/h18,21H,1-9,11-13,15-17H2,(H,22,23). The molecule has 1 unspecified atom stereocenters. The zero-order chi connectivity index (χ0) is 17.2. The monoisotopic (exact) mass is 388 g/mol. The van der Waals surface area contributed by atoms with Crippen molar-refractivity contribution in [3.63, 3.8) is 0 Å². The Bertz CT molecular complexity index is 333. The van der Waals surface area contributed by atoms with E-state index >= 15 is 0 Å². The van der Waals surface area contributed by atoms with Gasteiger partial charge < -0.3 is 10.2 Å². The van der Waals surface area contributed by atoms with Crippen LogP contribution in [0, 0.1) is 11.8 Å². The molecule has 0 aliphatic heterocycles. The molecular weight excluding hydrogens is 356 g/mol. The fraction of sp³-hybridized carbons (Fsp3) is 0.842. The van der Waals surface area contributed by atoms with Gasteiger partial charge in [0.05, 0.1) is 4.83 Å². The van der Waals surface area contributed by atoms with Crippen LogP contribution in [-0.4, -0.2) is 27.6 Å². The van der Waals surface area contributed by atoms with Crippen LogP contribution in [0.2, 0.25) is 0 Å². The van der Waals surface area contributed by atoms with Crippen LogP contribution in [0.25, 0.3) is 0 Å². The molecule has 0 amide bonds. The second-order valence-corrected chi connectivity index (χ2v) is 7.19. The van der Waals surface area contributed by atoms with Gasteiger partial charge in [-0.3, -0.25) is 4.79 Å². The Morgan fingerprint density at radius 3 is 2.09 bits per heavy atom. The van der Waals surface area contributed by atoms with Crippen LogP contribution >= 0.6 is 15.9 Å². The Kier molecular flexibility index (Phi) is 17.4. The van der Waals surface area contributed by atoms with Crippen LogP contribution < -0.4 is 0 Å². The van der Waals surface area contributed by atoms with Crippen LogP contribution in [0.15, 0.2) is 0 Å². The van der Waals surface area contributed by atoms with Crippen LogP contribution in [0.1, 0.15) is 89.9 Å². The first kappa shape index (κ1) is 22.5. The van der Waals surface area contributed by atoms with Crippen molar-refractivity contribution in [1.29, 1.82) is 0 Å². The smallest absolute Gasteiger partial charge is 0.303 e. The Hall–Kier alpha value is -0.530. The molecule has 0 aromatic heterocycles. The van der Waals surface area contributed by atoms with Gasteiger partial charge in [0.15, 0.2) is 0 Å². The molecule has 0 aromatic rings. The Morgan fingerprint density at radius 1 is 0.870 bits per heavy atom. The molecule has 1 atom stereocenters. The molecule has 0 spiro atoms. The molecule has 3 nitrogen and oxygen atoms in total. The largest absolute Gasteiger partial charge is 0.481 e.